The van der Waals surface area contributed by atoms with Crippen LogP contribution in [0.4, 0.5) is 0 Å². The lowest BCUT2D eigenvalue weighted by Crippen LogP contribution is -2.32. The summed E-state index contributed by atoms with van der Waals surface area (Å²) in [7, 11) is 3.24. The molecule has 1 aliphatic rings. The Labute approximate surface area is 162 Å². The molecule has 148 valence electrons. The molecule has 0 aromatic heterocycles. The topological polar surface area (TPSA) is 82.8 Å². The van der Waals surface area contributed by atoms with Crippen molar-refractivity contribution < 1.29 is 19.0 Å². The predicted octanol–water partition coefficient (Wildman–Crippen LogP) is 2.84. The number of methoxy groups -OCH3 is 2. The number of carbonyl (C=O) groups excluding carboxylic acids is 1. The zero-order valence-electron chi connectivity index (χ0n) is 15.8. The van der Waals surface area contributed by atoms with Crippen molar-refractivity contribution >= 4 is 18.3 Å². The van der Waals surface area contributed by atoms with Gasteiger partial charge in [-0.3, -0.25) is 4.79 Å². The zero-order valence-corrected chi connectivity index (χ0v) is 16.6. The SMILES string of the molecule is COCCOc1ccc(C(C)NC(=O)C[C@@H]2CCC[C@H]2N)cc1OC.Cl. The van der Waals surface area contributed by atoms with E-state index in [4.69, 9.17) is 19.9 Å². The molecule has 0 spiro atoms. The van der Waals surface area contributed by atoms with Crippen molar-refractivity contribution in [2.24, 2.45) is 11.7 Å². The largest absolute Gasteiger partial charge is 0.493 e. The number of nitrogens with two attached hydrogens (primary N) is 1. The van der Waals surface area contributed by atoms with Gasteiger partial charge in [0, 0.05) is 19.6 Å². The van der Waals surface area contributed by atoms with Crippen LogP contribution in [0.2, 0.25) is 0 Å². The van der Waals surface area contributed by atoms with Crippen molar-refractivity contribution in [3.05, 3.63) is 23.8 Å². The molecule has 6 nitrogen and oxygen atoms in total. The lowest BCUT2D eigenvalue weighted by molar-refractivity contribution is -0.122. The summed E-state index contributed by atoms with van der Waals surface area (Å²) in [6.07, 6.45) is 3.69. The second kappa shape index (κ2) is 11.3. The highest BCUT2D eigenvalue weighted by molar-refractivity contribution is 5.85. The molecule has 1 aliphatic carbocycles. The number of halogens is 1. The molecule has 0 heterocycles. The second-order valence-electron chi connectivity index (χ2n) is 6.60. The van der Waals surface area contributed by atoms with Crippen LogP contribution >= 0.6 is 12.4 Å². The van der Waals surface area contributed by atoms with Crippen molar-refractivity contribution in [2.45, 2.75) is 44.7 Å². The van der Waals surface area contributed by atoms with Crippen molar-refractivity contribution in [1.29, 1.82) is 0 Å². The summed E-state index contributed by atoms with van der Waals surface area (Å²) >= 11 is 0. The van der Waals surface area contributed by atoms with Gasteiger partial charge in [-0.1, -0.05) is 12.5 Å². The highest BCUT2D eigenvalue weighted by Gasteiger charge is 2.26. The molecule has 1 saturated carbocycles. The summed E-state index contributed by atoms with van der Waals surface area (Å²) in [6, 6.07) is 5.75. The first-order valence-electron chi connectivity index (χ1n) is 8.89. The average Bonchev–Trinajstić information content (AvgIpc) is 2.99. The third-order valence-electron chi connectivity index (χ3n) is 4.78. The summed E-state index contributed by atoms with van der Waals surface area (Å²) in [6.45, 7) is 2.94. The molecule has 2 rings (SSSR count). The maximum absolute atomic E-state index is 12.3. The van der Waals surface area contributed by atoms with Crippen LogP contribution < -0.4 is 20.5 Å². The number of amides is 1. The molecule has 0 aliphatic heterocycles. The average molecular weight is 387 g/mol. The molecule has 1 fully saturated rings. The smallest absolute Gasteiger partial charge is 0.220 e. The first-order chi connectivity index (χ1) is 12.0. The molecular weight excluding hydrogens is 356 g/mol. The number of hydrogen-bond donors (Lipinski definition) is 2. The second-order valence-corrected chi connectivity index (χ2v) is 6.60. The van der Waals surface area contributed by atoms with Gasteiger partial charge in [-0.15, -0.1) is 12.4 Å². The van der Waals surface area contributed by atoms with E-state index in [9.17, 15) is 4.79 Å². The van der Waals surface area contributed by atoms with E-state index in [1.165, 1.54) is 0 Å². The maximum Gasteiger partial charge on any atom is 0.220 e. The van der Waals surface area contributed by atoms with Crippen LogP contribution in [0, 0.1) is 5.92 Å². The van der Waals surface area contributed by atoms with Gasteiger partial charge >= 0.3 is 0 Å². The molecule has 1 aromatic rings. The molecule has 0 radical (unpaired) electrons. The van der Waals surface area contributed by atoms with E-state index in [0.717, 1.165) is 24.8 Å². The van der Waals surface area contributed by atoms with Crippen molar-refractivity contribution in [3.8, 4) is 11.5 Å². The van der Waals surface area contributed by atoms with Gasteiger partial charge < -0.3 is 25.3 Å². The molecule has 0 bridgehead atoms. The van der Waals surface area contributed by atoms with E-state index >= 15 is 0 Å². The fourth-order valence-electron chi connectivity index (χ4n) is 3.25. The van der Waals surface area contributed by atoms with Crippen molar-refractivity contribution in [2.75, 3.05) is 27.4 Å². The van der Waals surface area contributed by atoms with Crippen LogP contribution in [0.5, 0.6) is 11.5 Å². The highest BCUT2D eigenvalue weighted by atomic mass is 35.5. The lowest BCUT2D eigenvalue weighted by atomic mass is 9.99. The minimum atomic E-state index is -0.105. The van der Waals surface area contributed by atoms with E-state index in [0.29, 0.717) is 37.1 Å². The van der Waals surface area contributed by atoms with Crippen molar-refractivity contribution in [1.82, 2.24) is 5.32 Å². The molecule has 3 N–H and O–H groups in total. The summed E-state index contributed by atoms with van der Waals surface area (Å²) < 4.78 is 16.0. The summed E-state index contributed by atoms with van der Waals surface area (Å²) in [5.74, 6) is 1.67. The minimum Gasteiger partial charge on any atom is -0.493 e. The standard InChI is InChI=1S/C19H30N2O4.ClH/c1-13(21-19(22)12-15-5-4-6-16(15)20)14-7-8-17(18(11-14)24-3)25-10-9-23-2;/h7-8,11,13,15-16H,4-6,9-10,12,20H2,1-3H3,(H,21,22);1H/t13?,15-,16+;/m0./s1. The number of ether oxygens (including phenoxy) is 3. The fraction of sp³-hybridized carbons (Fsp3) is 0.632. The van der Waals surface area contributed by atoms with Crippen LogP contribution in [-0.2, 0) is 9.53 Å². The van der Waals surface area contributed by atoms with Gasteiger partial charge in [-0.25, -0.2) is 0 Å². The number of nitrogens with one attached hydrogen (secondary N) is 1. The van der Waals surface area contributed by atoms with Gasteiger partial charge in [0.15, 0.2) is 11.5 Å². The van der Waals surface area contributed by atoms with Gasteiger partial charge in [-0.05, 0) is 43.4 Å². The Morgan fingerprint density at radius 1 is 1.27 bits per heavy atom. The summed E-state index contributed by atoms with van der Waals surface area (Å²) in [5, 5.41) is 3.06. The maximum atomic E-state index is 12.3. The van der Waals surface area contributed by atoms with Crippen LogP contribution in [0.25, 0.3) is 0 Å². The quantitative estimate of drug-likeness (QED) is 0.637. The van der Waals surface area contributed by atoms with Gasteiger partial charge in [-0.2, -0.15) is 0 Å². The Kier molecular flexibility index (Phi) is 9.76. The van der Waals surface area contributed by atoms with E-state index in [-0.39, 0.29) is 30.4 Å². The minimum absolute atomic E-state index is 0. The van der Waals surface area contributed by atoms with Crippen LogP contribution in [0.15, 0.2) is 18.2 Å². The Balaban J connectivity index is 0.00000338. The Hall–Kier alpha value is -1.50. The number of rotatable bonds is 9. The molecular formula is C19H31ClN2O4. The van der Waals surface area contributed by atoms with E-state index in [1.807, 2.05) is 25.1 Å². The zero-order chi connectivity index (χ0) is 18.2. The third-order valence-corrected chi connectivity index (χ3v) is 4.78. The molecule has 1 amide bonds. The van der Waals surface area contributed by atoms with Gasteiger partial charge in [0.2, 0.25) is 5.91 Å². The Morgan fingerprint density at radius 2 is 2.04 bits per heavy atom. The van der Waals surface area contributed by atoms with E-state index < -0.39 is 0 Å². The van der Waals surface area contributed by atoms with Gasteiger partial charge in [0.1, 0.15) is 6.61 Å². The number of carbonyl (C=O) groups is 1. The van der Waals surface area contributed by atoms with E-state index in [1.54, 1.807) is 14.2 Å². The number of benzene rings is 1. The first kappa shape index (κ1) is 22.5. The predicted molar refractivity (Wildman–Crippen MR) is 104 cm³/mol. The monoisotopic (exact) mass is 386 g/mol. The molecule has 7 heteroatoms. The number of hydrogen-bond acceptors (Lipinski definition) is 5. The first-order valence-corrected chi connectivity index (χ1v) is 8.89. The van der Waals surface area contributed by atoms with Gasteiger partial charge in [0.25, 0.3) is 0 Å². The summed E-state index contributed by atoms with van der Waals surface area (Å²) in [4.78, 5) is 12.3. The molecule has 26 heavy (non-hydrogen) atoms. The van der Waals surface area contributed by atoms with Crippen LogP contribution in [0.3, 0.4) is 0 Å². The van der Waals surface area contributed by atoms with Gasteiger partial charge in [0.05, 0.1) is 19.8 Å². The van der Waals surface area contributed by atoms with Crippen molar-refractivity contribution in [3.63, 3.8) is 0 Å². The van der Waals surface area contributed by atoms with Crippen LogP contribution in [0.1, 0.15) is 44.2 Å². The molecule has 1 aromatic carbocycles. The normalized spacial score (nSPS) is 20.2. The molecule has 1 unspecified atom stereocenters. The van der Waals surface area contributed by atoms with Crippen LogP contribution in [-0.4, -0.2) is 39.4 Å². The Bertz CT molecular complexity index is 570. The third kappa shape index (κ3) is 6.34. The summed E-state index contributed by atoms with van der Waals surface area (Å²) in [5.41, 5.74) is 7.03. The molecule has 0 saturated heterocycles. The fourth-order valence-corrected chi connectivity index (χ4v) is 3.25. The Morgan fingerprint density at radius 3 is 2.65 bits per heavy atom. The molecule has 3 atom stereocenters. The highest BCUT2D eigenvalue weighted by Crippen LogP contribution is 2.31. The van der Waals surface area contributed by atoms with E-state index in [2.05, 4.69) is 5.32 Å². The lowest BCUT2D eigenvalue weighted by Gasteiger charge is -2.19.